The molecule has 9 heteroatoms. The van der Waals surface area contributed by atoms with E-state index in [2.05, 4.69) is 21.6 Å². The summed E-state index contributed by atoms with van der Waals surface area (Å²) in [4.78, 5) is 24.4. The third-order valence-electron chi connectivity index (χ3n) is 7.49. The molecule has 7 nitrogen and oxygen atoms in total. The number of anilines is 1. The van der Waals surface area contributed by atoms with E-state index in [4.69, 9.17) is 11.6 Å². The Bertz CT molecular complexity index is 1630. The van der Waals surface area contributed by atoms with E-state index < -0.39 is 16.1 Å². The van der Waals surface area contributed by atoms with Crippen LogP contribution in [0.25, 0.3) is 0 Å². The van der Waals surface area contributed by atoms with Crippen molar-refractivity contribution >= 4 is 21.6 Å². The number of nitrogens with zero attached hydrogens (tertiary/aromatic N) is 3. The van der Waals surface area contributed by atoms with Gasteiger partial charge in [0.1, 0.15) is 5.82 Å². The molecule has 212 valence electrons. The molecule has 0 saturated carbocycles. The van der Waals surface area contributed by atoms with Gasteiger partial charge >= 0.3 is 0 Å². The van der Waals surface area contributed by atoms with E-state index in [1.807, 2.05) is 55.5 Å². The first-order valence-corrected chi connectivity index (χ1v) is 15.6. The standard InChI is InChI=1S/C32H34ClN4O3S/c1-22(25-8-4-3-5-9-25)16-32(38)37(21-24-19-34-23(2)35-20-24)28-15-14-26-10-6-13-31(30(26)18-28)36-41(39,40)29-12-7-11-27(33)17-29/h3-5,7-9,11-12,14-15,17-20,22,31,33,36H,6,10,13,16,21H2,1-2H3/q+1/t22-,31-/m1/s1. The van der Waals surface area contributed by atoms with Crippen LogP contribution in [-0.4, -0.2) is 24.3 Å². The summed E-state index contributed by atoms with van der Waals surface area (Å²) in [5, 5.41) is 0.471. The van der Waals surface area contributed by atoms with Crippen LogP contribution in [0.15, 0.2) is 90.1 Å². The van der Waals surface area contributed by atoms with Gasteiger partial charge in [-0.2, -0.15) is 0 Å². The SMILES string of the molecule is Cc1ncc(CN(C(=O)C[C@@H](C)c2ccccc2)c2ccc3c(c2)[C@H](NS(=O)(=O)c2cccc([ClH+])c2)CCC3)cn1. The molecule has 1 N–H and O–H groups in total. The van der Waals surface area contributed by atoms with Crippen LogP contribution in [0.1, 0.15) is 66.2 Å². The van der Waals surface area contributed by atoms with Crippen molar-refractivity contribution in [1.82, 2.24) is 14.7 Å². The van der Waals surface area contributed by atoms with Crippen LogP contribution in [-0.2, 0) is 27.8 Å². The molecule has 0 saturated heterocycles. The molecule has 0 fully saturated rings. The second-order valence-electron chi connectivity index (χ2n) is 10.6. The lowest BCUT2D eigenvalue weighted by Crippen LogP contribution is -2.33. The van der Waals surface area contributed by atoms with Gasteiger partial charge < -0.3 is 4.90 Å². The maximum Gasteiger partial charge on any atom is 0.241 e. The molecule has 0 bridgehead atoms. The van der Waals surface area contributed by atoms with E-state index in [1.54, 1.807) is 35.5 Å². The number of aromatic nitrogens is 2. The highest BCUT2D eigenvalue weighted by molar-refractivity contribution is 7.89. The predicted octanol–water partition coefficient (Wildman–Crippen LogP) is 5.56. The van der Waals surface area contributed by atoms with Crippen LogP contribution in [0.5, 0.6) is 0 Å². The van der Waals surface area contributed by atoms with Gasteiger partial charge in [-0.3, -0.25) is 4.79 Å². The molecule has 41 heavy (non-hydrogen) atoms. The largest absolute Gasteiger partial charge is 0.308 e. The highest BCUT2D eigenvalue weighted by atomic mass is 35.5. The van der Waals surface area contributed by atoms with E-state index in [1.165, 1.54) is 6.07 Å². The lowest BCUT2D eigenvalue weighted by molar-refractivity contribution is -0.289. The molecule has 0 aliphatic heterocycles. The van der Waals surface area contributed by atoms with E-state index in [0.29, 0.717) is 35.9 Å². The van der Waals surface area contributed by atoms with Gasteiger partial charge in [-0.25, -0.2) is 23.1 Å². The molecule has 1 aromatic heterocycles. The monoisotopic (exact) mass is 589 g/mol. The van der Waals surface area contributed by atoms with Gasteiger partial charge in [0.2, 0.25) is 21.0 Å². The topological polar surface area (TPSA) is 92.3 Å². The molecule has 0 radical (unpaired) electrons. The summed E-state index contributed by atoms with van der Waals surface area (Å²) in [5.74, 6) is 0.657. The van der Waals surface area contributed by atoms with Crippen LogP contribution in [0.3, 0.4) is 0 Å². The molecule has 4 aromatic rings. The Labute approximate surface area is 246 Å². The Morgan fingerprint density at radius 2 is 1.80 bits per heavy atom. The number of hydrogen-bond donors (Lipinski definition) is 1. The van der Waals surface area contributed by atoms with Gasteiger partial charge in [-0.05, 0) is 67.0 Å². The van der Waals surface area contributed by atoms with Gasteiger partial charge in [-0.15, -0.1) is 0 Å². The fourth-order valence-electron chi connectivity index (χ4n) is 5.25. The predicted molar refractivity (Wildman–Crippen MR) is 157 cm³/mol. The number of carbonyl (C=O) groups is 1. The average Bonchev–Trinajstić information content (AvgIpc) is 2.97. The zero-order chi connectivity index (χ0) is 29.0. The van der Waals surface area contributed by atoms with Crippen LogP contribution in [0, 0.1) is 18.5 Å². The number of benzene rings is 3. The number of nitrogens with one attached hydrogen (secondary N) is 1. The van der Waals surface area contributed by atoms with E-state index in [-0.39, 0.29) is 16.7 Å². The second-order valence-corrected chi connectivity index (χ2v) is 12.7. The van der Waals surface area contributed by atoms with E-state index in [9.17, 15) is 13.2 Å². The highest BCUT2D eigenvalue weighted by Gasteiger charge is 2.28. The minimum atomic E-state index is -3.79. The van der Waals surface area contributed by atoms with Crippen molar-refractivity contribution in [2.45, 2.75) is 62.9 Å². The lowest BCUT2D eigenvalue weighted by atomic mass is 9.87. The molecular formula is C32H34ClN4O3S+. The highest BCUT2D eigenvalue weighted by Crippen LogP contribution is 2.35. The van der Waals surface area contributed by atoms with Crippen molar-refractivity contribution in [3.63, 3.8) is 0 Å². The molecule has 1 amide bonds. The summed E-state index contributed by atoms with van der Waals surface area (Å²) in [6.45, 7) is 4.18. The smallest absolute Gasteiger partial charge is 0.241 e. The fraction of sp³-hybridized carbons (Fsp3) is 0.281. The Hall–Kier alpha value is -3.59. The summed E-state index contributed by atoms with van der Waals surface area (Å²) in [6, 6.07) is 21.9. The minimum Gasteiger partial charge on any atom is -0.308 e. The van der Waals surface area contributed by atoms with Crippen LogP contribution >= 0.6 is 0 Å². The van der Waals surface area contributed by atoms with Crippen LogP contribution in [0.4, 0.5) is 5.69 Å². The van der Waals surface area contributed by atoms with Gasteiger partial charge in [0.25, 0.3) is 0 Å². The zero-order valence-electron chi connectivity index (χ0n) is 23.2. The average molecular weight is 590 g/mol. The third kappa shape index (κ3) is 7.01. The summed E-state index contributed by atoms with van der Waals surface area (Å²) >= 11 is 5.19. The van der Waals surface area contributed by atoms with Crippen molar-refractivity contribution in [1.29, 1.82) is 0 Å². The summed E-state index contributed by atoms with van der Waals surface area (Å²) < 4.78 is 29.5. The first-order valence-electron chi connectivity index (χ1n) is 13.7. The van der Waals surface area contributed by atoms with Crippen molar-refractivity contribution in [2.24, 2.45) is 0 Å². The number of amides is 1. The number of carbonyl (C=O) groups excluding carboxylic acids is 1. The van der Waals surface area contributed by atoms with Crippen LogP contribution < -0.4 is 9.62 Å². The molecule has 1 aliphatic rings. The van der Waals surface area contributed by atoms with E-state index >= 15 is 0 Å². The number of sulfonamides is 1. The Kier molecular flexibility index (Phi) is 8.82. The number of aryl methyl sites for hydroxylation is 2. The van der Waals surface area contributed by atoms with Crippen molar-refractivity contribution in [3.8, 4) is 0 Å². The maximum atomic E-state index is 13.9. The molecule has 1 heterocycles. The molecule has 0 unspecified atom stereocenters. The number of halogens is 1. The molecule has 3 aromatic carbocycles. The van der Waals surface area contributed by atoms with Crippen molar-refractivity contribution in [3.05, 3.63) is 118 Å². The molecular weight excluding hydrogens is 556 g/mol. The zero-order valence-corrected chi connectivity index (χ0v) is 24.8. The van der Waals surface area contributed by atoms with Crippen molar-refractivity contribution < 1.29 is 24.8 Å². The Morgan fingerprint density at radius 1 is 1.05 bits per heavy atom. The fourth-order valence-corrected chi connectivity index (χ4v) is 6.83. The van der Waals surface area contributed by atoms with Gasteiger partial charge in [0.05, 0.1) is 11.4 Å². The first-order chi connectivity index (χ1) is 19.7. The molecule has 5 rings (SSSR count). The van der Waals surface area contributed by atoms with Gasteiger partial charge in [-0.1, -0.05) is 49.4 Å². The quantitative estimate of drug-likeness (QED) is 0.276. The normalized spacial score (nSPS) is 15.6. The summed E-state index contributed by atoms with van der Waals surface area (Å²) in [7, 11) is -3.79. The third-order valence-corrected chi connectivity index (χ3v) is 9.22. The Morgan fingerprint density at radius 3 is 2.54 bits per heavy atom. The number of fused-ring (bicyclic) bond motifs is 1. The number of rotatable bonds is 9. The molecule has 1 aliphatic carbocycles. The maximum absolute atomic E-state index is 13.9. The van der Waals surface area contributed by atoms with Crippen LogP contribution in [0.2, 0.25) is 5.02 Å². The van der Waals surface area contributed by atoms with Crippen molar-refractivity contribution in [2.75, 3.05) is 4.90 Å². The van der Waals surface area contributed by atoms with Gasteiger partial charge in [0.15, 0.2) is 11.6 Å². The number of hydrogen-bond acceptors (Lipinski definition) is 5. The van der Waals surface area contributed by atoms with Gasteiger partial charge in [0, 0.05) is 48.2 Å². The Balaban J connectivity index is 1.46. The minimum absolute atomic E-state index is 0.0257. The summed E-state index contributed by atoms with van der Waals surface area (Å²) in [5.41, 5.74) is 4.60. The first kappa shape index (κ1) is 28.9. The lowest BCUT2D eigenvalue weighted by Gasteiger charge is -2.30. The second kappa shape index (κ2) is 12.5. The molecule has 2 atom stereocenters. The molecule has 0 spiro atoms. The summed E-state index contributed by atoms with van der Waals surface area (Å²) in [6.07, 6.45) is 6.17. The van der Waals surface area contributed by atoms with E-state index in [0.717, 1.165) is 35.1 Å².